The van der Waals surface area contributed by atoms with Gasteiger partial charge in [0, 0.05) is 30.4 Å². The number of amides is 1. The Morgan fingerprint density at radius 3 is 2.67 bits per heavy atom. The monoisotopic (exact) mass is 211 g/mol. The van der Waals surface area contributed by atoms with Crippen LogP contribution >= 0.6 is 0 Å². The number of hydrogen-bond donors (Lipinski definition) is 2. The van der Waals surface area contributed by atoms with Gasteiger partial charge in [0.2, 0.25) is 0 Å². The molecule has 0 saturated carbocycles. The molecule has 1 amide bonds. The number of carbonyl (C=O) groups is 1. The van der Waals surface area contributed by atoms with Crippen LogP contribution in [0.1, 0.15) is 26.5 Å². The molecule has 0 aliphatic heterocycles. The molecule has 0 aromatic carbocycles. The van der Waals surface area contributed by atoms with Crippen LogP contribution < -0.4 is 0 Å². The second-order valence-electron chi connectivity index (χ2n) is 4.43. The lowest BCUT2D eigenvalue weighted by Gasteiger charge is -2.33. The van der Waals surface area contributed by atoms with Gasteiger partial charge >= 0.3 is 6.09 Å². The van der Waals surface area contributed by atoms with E-state index in [0.717, 1.165) is 5.69 Å². The molecule has 0 saturated heterocycles. The number of carboxylic acid groups (broad SMARTS) is 1. The van der Waals surface area contributed by atoms with Gasteiger partial charge in [-0.15, -0.1) is 0 Å². The molecule has 15 heavy (non-hydrogen) atoms. The van der Waals surface area contributed by atoms with Crippen LogP contribution in [0.15, 0.2) is 12.5 Å². The van der Waals surface area contributed by atoms with Crippen molar-refractivity contribution >= 4 is 6.09 Å². The van der Waals surface area contributed by atoms with Crippen molar-refractivity contribution < 1.29 is 9.90 Å². The first-order valence-corrected chi connectivity index (χ1v) is 4.89. The molecule has 84 valence electrons. The average Bonchev–Trinajstić information content (AvgIpc) is 2.53. The zero-order chi connectivity index (χ0) is 11.5. The van der Waals surface area contributed by atoms with Crippen LogP contribution in [0.4, 0.5) is 4.79 Å². The van der Waals surface area contributed by atoms with Gasteiger partial charge in [0.15, 0.2) is 0 Å². The number of hydrogen-bond acceptors (Lipinski definition) is 2. The maximum atomic E-state index is 11.0. The number of rotatable bonds is 3. The molecular formula is C10H17N3O2. The maximum Gasteiger partial charge on any atom is 0.407 e. The molecule has 1 aromatic rings. The molecule has 0 spiro atoms. The third-order valence-electron chi connectivity index (χ3n) is 2.20. The van der Waals surface area contributed by atoms with Gasteiger partial charge in [-0.25, -0.2) is 9.78 Å². The summed E-state index contributed by atoms with van der Waals surface area (Å²) in [6, 6.07) is 0. The molecule has 0 aliphatic rings. The minimum Gasteiger partial charge on any atom is -0.465 e. The average molecular weight is 211 g/mol. The van der Waals surface area contributed by atoms with Crippen LogP contribution in [0.3, 0.4) is 0 Å². The number of imidazole rings is 1. The normalized spacial score (nSPS) is 11.4. The second kappa shape index (κ2) is 4.33. The lowest BCUT2D eigenvalue weighted by atomic mass is 10.1. The summed E-state index contributed by atoms with van der Waals surface area (Å²) < 4.78 is 0. The largest absolute Gasteiger partial charge is 0.465 e. The van der Waals surface area contributed by atoms with Gasteiger partial charge in [0.1, 0.15) is 0 Å². The molecule has 5 heteroatoms. The van der Waals surface area contributed by atoms with Gasteiger partial charge in [-0.05, 0) is 20.8 Å². The van der Waals surface area contributed by atoms with E-state index in [4.69, 9.17) is 5.11 Å². The zero-order valence-corrected chi connectivity index (χ0v) is 9.32. The molecule has 0 radical (unpaired) electrons. The molecule has 0 aliphatic carbocycles. The first-order valence-electron chi connectivity index (χ1n) is 4.89. The van der Waals surface area contributed by atoms with E-state index in [1.165, 1.54) is 4.90 Å². The highest BCUT2D eigenvalue weighted by molar-refractivity contribution is 5.65. The Morgan fingerprint density at radius 1 is 1.60 bits per heavy atom. The van der Waals surface area contributed by atoms with E-state index in [1.54, 1.807) is 12.5 Å². The summed E-state index contributed by atoms with van der Waals surface area (Å²) in [6.07, 6.45) is 3.08. The first-order chi connectivity index (χ1) is 6.91. The van der Waals surface area contributed by atoms with E-state index in [-0.39, 0.29) is 5.54 Å². The summed E-state index contributed by atoms with van der Waals surface area (Å²) in [6.45, 7) is 6.12. The highest BCUT2D eigenvalue weighted by Gasteiger charge is 2.25. The van der Waals surface area contributed by atoms with E-state index in [1.807, 2.05) is 20.8 Å². The van der Waals surface area contributed by atoms with Gasteiger partial charge < -0.3 is 15.0 Å². The van der Waals surface area contributed by atoms with E-state index in [0.29, 0.717) is 13.0 Å². The van der Waals surface area contributed by atoms with Crippen LogP contribution in [0.2, 0.25) is 0 Å². The van der Waals surface area contributed by atoms with Crippen molar-refractivity contribution in [1.82, 2.24) is 14.9 Å². The Labute approximate surface area is 89.1 Å². The fourth-order valence-corrected chi connectivity index (χ4v) is 1.37. The molecule has 5 nitrogen and oxygen atoms in total. The Bertz CT molecular complexity index is 314. The standard InChI is InChI=1S/C10H17N3O2/c1-10(2,3)13(9(14)15)5-4-8-6-11-7-12-8/h6-7H,4-5H2,1-3H3,(H,11,12)(H,14,15). The van der Waals surface area contributed by atoms with Crippen LogP contribution in [0.5, 0.6) is 0 Å². The van der Waals surface area contributed by atoms with Crippen molar-refractivity contribution in [2.75, 3.05) is 6.54 Å². The predicted molar refractivity (Wildman–Crippen MR) is 56.8 cm³/mol. The summed E-state index contributed by atoms with van der Waals surface area (Å²) in [4.78, 5) is 19.3. The van der Waals surface area contributed by atoms with Gasteiger partial charge in [0.05, 0.1) is 6.33 Å². The second-order valence-corrected chi connectivity index (χ2v) is 4.43. The maximum absolute atomic E-state index is 11.0. The van der Waals surface area contributed by atoms with Gasteiger partial charge in [-0.2, -0.15) is 0 Å². The van der Waals surface area contributed by atoms with Gasteiger partial charge in [-0.1, -0.05) is 0 Å². The summed E-state index contributed by atoms with van der Waals surface area (Å²) >= 11 is 0. The molecule has 0 atom stereocenters. The smallest absolute Gasteiger partial charge is 0.407 e. The van der Waals surface area contributed by atoms with E-state index in [9.17, 15) is 4.79 Å². The minimum absolute atomic E-state index is 0.369. The molecule has 1 heterocycles. The SMILES string of the molecule is CC(C)(C)N(CCc1cnc[nH]1)C(=O)O. The Kier molecular flexibility index (Phi) is 3.34. The molecule has 0 bridgehead atoms. The number of nitrogens with one attached hydrogen (secondary N) is 1. The first kappa shape index (κ1) is 11.6. The molecule has 0 fully saturated rings. The van der Waals surface area contributed by atoms with E-state index >= 15 is 0 Å². The number of aromatic amines is 1. The molecule has 0 unspecified atom stereocenters. The number of aromatic nitrogens is 2. The fourth-order valence-electron chi connectivity index (χ4n) is 1.37. The van der Waals surface area contributed by atoms with Crippen molar-refractivity contribution in [3.63, 3.8) is 0 Å². The quantitative estimate of drug-likeness (QED) is 0.800. The van der Waals surface area contributed by atoms with Crippen LogP contribution in [-0.2, 0) is 6.42 Å². The molecule has 2 N–H and O–H groups in total. The summed E-state index contributed by atoms with van der Waals surface area (Å²) in [5.41, 5.74) is 0.580. The van der Waals surface area contributed by atoms with Crippen molar-refractivity contribution in [1.29, 1.82) is 0 Å². The predicted octanol–water partition coefficient (Wildman–Crippen LogP) is 1.73. The summed E-state index contributed by atoms with van der Waals surface area (Å²) in [5.74, 6) is 0. The van der Waals surface area contributed by atoms with Gasteiger partial charge in [-0.3, -0.25) is 0 Å². The number of H-pyrrole nitrogens is 1. The van der Waals surface area contributed by atoms with Crippen molar-refractivity contribution in [3.05, 3.63) is 18.2 Å². The highest BCUT2D eigenvalue weighted by atomic mass is 16.4. The van der Waals surface area contributed by atoms with Crippen molar-refractivity contribution in [3.8, 4) is 0 Å². The van der Waals surface area contributed by atoms with Crippen LogP contribution in [0.25, 0.3) is 0 Å². The third kappa shape index (κ3) is 3.27. The van der Waals surface area contributed by atoms with Crippen molar-refractivity contribution in [2.24, 2.45) is 0 Å². The van der Waals surface area contributed by atoms with Crippen molar-refractivity contribution in [2.45, 2.75) is 32.7 Å². The zero-order valence-electron chi connectivity index (χ0n) is 9.32. The van der Waals surface area contributed by atoms with Crippen LogP contribution in [-0.4, -0.2) is 38.2 Å². The Balaban J connectivity index is 2.57. The fraction of sp³-hybridized carbons (Fsp3) is 0.600. The lowest BCUT2D eigenvalue weighted by Crippen LogP contribution is -2.45. The molecular weight excluding hydrogens is 194 g/mol. The molecule has 1 aromatic heterocycles. The Hall–Kier alpha value is -1.52. The Morgan fingerprint density at radius 2 is 2.27 bits per heavy atom. The van der Waals surface area contributed by atoms with E-state index in [2.05, 4.69) is 9.97 Å². The van der Waals surface area contributed by atoms with E-state index < -0.39 is 6.09 Å². The minimum atomic E-state index is -0.887. The molecule has 1 rings (SSSR count). The topological polar surface area (TPSA) is 69.2 Å². The third-order valence-corrected chi connectivity index (χ3v) is 2.20. The van der Waals surface area contributed by atoms with Crippen LogP contribution in [0, 0.1) is 0 Å². The highest BCUT2D eigenvalue weighted by Crippen LogP contribution is 2.13. The number of nitrogens with zero attached hydrogens (tertiary/aromatic N) is 2. The summed E-state index contributed by atoms with van der Waals surface area (Å²) in [5, 5.41) is 9.04. The summed E-state index contributed by atoms with van der Waals surface area (Å²) in [7, 11) is 0. The van der Waals surface area contributed by atoms with Gasteiger partial charge in [0.25, 0.3) is 0 Å². The lowest BCUT2D eigenvalue weighted by molar-refractivity contribution is 0.101.